The molecule has 0 spiro atoms. The molecule has 1 aromatic rings. The zero-order valence-electron chi connectivity index (χ0n) is 8.91. The highest BCUT2D eigenvalue weighted by atomic mass is 16.5. The number of nitroso groups, excluding NO2 is 1. The van der Waals surface area contributed by atoms with Crippen molar-refractivity contribution in [1.29, 1.82) is 0 Å². The maximum atomic E-state index is 10.6. The summed E-state index contributed by atoms with van der Waals surface area (Å²) in [5.41, 5.74) is 2.01. The van der Waals surface area contributed by atoms with Gasteiger partial charge in [-0.2, -0.15) is 0 Å². The average molecular weight is 203 g/mol. The SMILES string of the molecule is C=Cc1cc2c(cc1N=O)CC(C)(C)O2. The first-order chi connectivity index (χ1) is 7.05. The monoisotopic (exact) mass is 203 g/mol. The Labute approximate surface area is 88.7 Å². The Morgan fingerprint density at radius 3 is 2.87 bits per heavy atom. The summed E-state index contributed by atoms with van der Waals surface area (Å²) in [7, 11) is 0. The summed E-state index contributed by atoms with van der Waals surface area (Å²) in [6.45, 7) is 7.69. The van der Waals surface area contributed by atoms with Gasteiger partial charge in [-0.3, -0.25) is 0 Å². The summed E-state index contributed by atoms with van der Waals surface area (Å²) in [5, 5.41) is 2.99. The molecule has 78 valence electrons. The van der Waals surface area contributed by atoms with Crippen molar-refractivity contribution < 1.29 is 4.74 Å². The van der Waals surface area contributed by atoms with Gasteiger partial charge in [0.05, 0.1) is 0 Å². The predicted molar refractivity (Wildman–Crippen MR) is 60.4 cm³/mol. The lowest BCUT2D eigenvalue weighted by molar-refractivity contribution is 0.138. The van der Waals surface area contributed by atoms with E-state index in [0.717, 1.165) is 23.3 Å². The van der Waals surface area contributed by atoms with E-state index in [-0.39, 0.29) is 5.60 Å². The van der Waals surface area contributed by atoms with Gasteiger partial charge < -0.3 is 4.74 Å². The van der Waals surface area contributed by atoms with Crippen LogP contribution in [0.15, 0.2) is 23.9 Å². The van der Waals surface area contributed by atoms with Crippen molar-refractivity contribution in [3.63, 3.8) is 0 Å². The average Bonchev–Trinajstić information content (AvgIpc) is 2.48. The Bertz CT molecular complexity index is 396. The van der Waals surface area contributed by atoms with Crippen LogP contribution in [0.4, 0.5) is 5.69 Å². The first-order valence-electron chi connectivity index (χ1n) is 4.87. The van der Waals surface area contributed by atoms with Gasteiger partial charge in [0, 0.05) is 17.5 Å². The third kappa shape index (κ3) is 1.65. The van der Waals surface area contributed by atoms with Gasteiger partial charge >= 0.3 is 0 Å². The van der Waals surface area contributed by atoms with Crippen molar-refractivity contribution in [2.75, 3.05) is 0 Å². The van der Waals surface area contributed by atoms with Gasteiger partial charge in [-0.15, -0.1) is 4.91 Å². The fourth-order valence-electron chi connectivity index (χ4n) is 1.90. The third-order valence-electron chi connectivity index (χ3n) is 2.53. The Morgan fingerprint density at radius 1 is 1.53 bits per heavy atom. The second-order valence-corrected chi connectivity index (χ2v) is 4.35. The number of benzene rings is 1. The molecule has 1 aliphatic heterocycles. The van der Waals surface area contributed by atoms with E-state index in [1.807, 2.05) is 19.9 Å². The van der Waals surface area contributed by atoms with Gasteiger partial charge in [0.15, 0.2) is 0 Å². The van der Waals surface area contributed by atoms with E-state index in [9.17, 15) is 4.91 Å². The van der Waals surface area contributed by atoms with Gasteiger partial charge in [0.1, 0.15) is 17.0 Å². The van der Waals surface area contributed by atoms with Crippen molar-refractivity contribution in [1.82, 2.24) is 0 Å². The molecule has 1 aromatic carbocycles. The van der Waals surface area contributed by atoms with E-state index in [4.69, 9.17) is 4.74 Å². The topological polar surface area (TPSA) is 38.7 Å². The second-order valence-electron chi connectivity index (χ2n) is 4.35. The van der Waals surface area contributed by atoms with Gasteiger partial charge in [0.25, 0.3) is 0 Å². The minimum atomic E-state index is -0.192. The number of ether oxygens (including phenoxy) is 1. The molecule has 0 saturated heterocycles. The number of hydrogen-bond acceptors (Lipinski definition) is 3. The molecular formula is C12H13NO2. The first-order valence-corrected chi connectivity index (χ1v) is 4.87. The van der Waals surface area contributed by atoms with Gasteiger partial charge in [0.2, 0.25) is 0 Å². The second kappa shape index (κ2) is 3.19. The van der Waals surface area contributed by atoms with E-state index in [0.29, 0.717) is 5.69 Å². The maximum absolute atomic E-state index is 10.6. The van der Waals surface area contributed by atoms with Crippen molar-refractivity contribution in [3.8, 4) is 5.75 Å². The summed E-state index contributed by atoms with van der Waals surface area (Å²) < 4.78 is 5.74. The van der Waals surface area contributed by atoms with Crippen molar-refractivity contribution in [3.05, 3.63) is 34.7 Å². The van der Waals surface area contributed by atoms with Crippen LogP contribution in [0.3, 0.4) is 0 Å². The molecule has 1 heterocycles. The Hall–Kier alpha value is -1.64. The molecule has 15 heavy (non-hydrogen) atoms. The van der Waals surface area contributed by atoms with Crippen molar-refractivity contribution >= 4 is 11.8 Å². The van der Waals surface area contributed by atoms with Crippen LogP contribution in [0.2, 0.25) is 0 Å². The zero-order valence-corrected chi connectivity index (χ0v) is 8.91. The van der Waals surface area contributed by atoms with E-state index < -0.39 is 0 Å². The number of nitrogens with zero attached hydrogens (tertiary/aromatic N) is 1. The van der Waals surface area contributed by atoms with Crippen LogP contribution in [-0.2, 0) is 6.42 Å². The summed E-state index contributed by atoms with van der Waals surface area (Å²) in [6.07, 6.45) is 2.42. The van der Waals surface area contributed by atoms with Crippen LogP contribution in [0.25, 0.3) is 6.08 Å². The number of rotatable bonds is 2. The minimum Gasteiger partial charge on any atom is -0.487 e. The highest BCUT2D eigenvalue weighted by Crippen LogP contribution is 2.39. The molecule has 0 aromatic heterocycles. The van der Waals surface area contributed by atoms with Crippen LogP contribution < -0.4 is 4.74 Å². The maximum Gasteiger partial charge on any atom is 0.124 e. The number of fused-ring (bicyclic) bond motifs is 1. The molecule has 0 N–H and O–H groups in total. The van der Waals surface area contributed by atoms with Gasteiger partial charge in [-0.25, -0.2) is 0 Å². The van der Waals surface area contributed by atoms with Gasteiger partial charge in [-0.05, 0) is 31.2 Å². The van der Waals surface area contributed by atoms with Crippen LogP contribution in [0.1, 0.15) is 25.0 Å². The lowest BCUT2D eigenvalue weighted by atomic mass is 10.00. The standard InChI is InChI=1S/C12H13NO2/c1-4-8-6-11-9(5-10(8)13-14)7-12(2,3)15-11/h4-6H,1,7H2,2-3H3. The molecule has 1 aliphatic rings. The molecule has 0 aliphatic carbocycles. The molecule has 3 nitrogen and oxygen atoms in total. The summed E-state index contributed by atoms with van der Waals surface area (Å²) in [5.74, 6) is 0.835. The Balaban J connectivity index is 2.53. The summed E-state index contributed by atoms with van der Waals surface area (Å²) >= 11 is 0. The Morgan fingerprint density at radius 2 is 2.27 bits per heavy atom. The van der Waals surface area contributed by atoms with E-state index in [2.05, 4.69) is 11.8 Å². The molecule has 2 rings (SSSR count). The molecule has 0 bridgehead atoms. The zero-order chi connectivity index (χ0) is 11.1. The van der Waals surface area contributed by atoms with Crippen molar-refractivity contribution in [2.24, 2.45) is 5.18 Å². The molecule has 0 unspecified atom stereocenters. The lowest BCUT2D eigenvalue weighted by Gasteiger charge is -2.16. The van der Waals surface area contributed by atoms with E-state index >= 15 is 0 Å². The predicted octanol–water partition coefficient (Wildman–Crippen LogP) is 3.44. The molecule has 0 amide bonds. The normalized spacial score (nSPS) is 16.7. The quantitative estimate of drug-likeness (QED) is 0.690. The highest BCUT2D eigenvalue weighted by Gasteiger charge is 2.30. The molecule has 0 atom stereocenters. The highest BCUT2D eigenvalue weighted by molar-refractivity contribution is 5.67. The summed E-state index contributed by atoms with van der Waals surface area (Å²) in [6, 6.07) is 3.61. The molecular weight excluding hydrogens is 190 g/mol. The summed E-state index contributed by atoms with van der Waals surface area (Å²) in [4.78, 5) is 10.6. The first kappa shape index (κ1) is 9.90. The van der Waals surface area contributed by atoms with Crippen molar-refractivity contribution in [2.45, 2.75) is 25.9 Å². The van der Waals surface area contributed by atoms with Crippen LogP contribution in [0.5, 0.6) is 5.75 Å². The lowest BCUT2D eigenvalue weighted by Crippen LogP contribution is -2.24. The smallest absolute Gasteiger partial charge is 0.124 e. The number of hydrogen-bond donors (Lipinski definition) is 0. The largest absolute Gasteiger partial charge is 0.487 e. The fraction of sp³-hybridized carbons (Fsp3) is 0.333. The minimum absolute atomic E-state index is 0.192. The van der Waals surface area contributed by atoms with Crippen LogP contribution in [0, 0.1) is 4.91 Å². The fourth-order valence-corrected chi connectivity index (χ4v) is 1.90. The van der Waals surface area contributed by atoms with E-state index in [1.54, 1.807) is 12.1 Å². The van der Waals surface area contributed by atoms with Gasteiger partial charge in [-0.1, -0.05) is 12.7 Å². The Kier molecular flexibility index (Phi) is 2.11. The molecule has 0 radical (unpaired) electrons. The molecule has 0 saturated carbocycles. The molecule has 0 fully saturated rings. The van der Waals surface area contributed by atoms with E-state index in [1.165, 1.54) is 0 Å². The molecule has 3 heteroatoms. The van der Waals surface area contributed by atoms with Crippen LogP contribution >= 0.6 is 0 Å². The third-order valence-corrected chi connectivity index (χ3v) is 2.53. The van der Waals surface area contributed by atoms with Crippen LogP contribution in [-0.4, -0.2) is 5.60 Å².